The van der Waals surface area contributed by atoms with Crippen LogP contribution in [0.4, 0.5) is 4.79 Å². The van der Waals surface area contributed by atoms with Crippen molar-refractivity contribution in [3.8, 4) is 0 Å². The highest BCUT2D eigenvalue weighted by molar-refractivity contribution is 7.80. The summed E-state index contributed by atoms with van der Waals surface area (Å²) in [6.45, 7) is 2.52. The summed E-state index contributed by atoms with van der Waals surface area (Å²) in [6, 6.07) is 0.0721. The van der Waals surface area contributed by atoms with Crippen molar-refractivity contribution in [2.24, 2.45) is 5.73 Å². The number of unbranched alkanes of at least 4 members (excludes halogenated alkanes) is 1. The van der Waals surface area contributed by atoms with Gasteiger partial charge in [-0.05, 0) is 32.1 Å². The van der Waals surface area contributed by atoms with E-state index in [-0.39, 0.29) is 6.03 Å². The van der Waals surface area contributed by atoms with Crippen molar-refractivity contribution in [3.05, 3.63) is 0 Å². The van der Waals surface area contributed by atoms with E-state index >= 15 is 0 Å². The van der Waals surface area contributed by atoms with E-state index in [4.69, 9.17) is 18.0 Å². The van der Waals surface area contributed by atoms with Crippen LogP contribution in [0.2, 0.25) is 0 Å². The number of nitrogens with zero attached hydrogens (tertiary/aromatic N) is 1. The summed E-state index contributed by atoms with van der Waals surface area (Å²) in [5.41, 5.74) is 5.37. The number of rotatable bonds is 5. The number of likely N-dealkylation sites (tertiary alicyclic amines) is 1. The maximum atomic E-state index is 11.5. The molecule has 0 spiro atoms. The monoisotopic (exact) mass is 229 g/mol. The molecule has 0 atom stereocenters. The molecule has 0 radical (unpaired) electrons. The second kappa shape index (κ2) is 6.61. The van der Waals surface area contributed by atoms with Crippen molar-refractivity contribution >= 4 is 23.2 Å². The minimum absolute atomic E-state index is 0.0721. The molecule has 0 unspecified atom stereocenters. The van der Waals surface area contributed by atoms with E-state index in [2.05, 4.69) is 5.32 Å². The Balaban J connectivity index is 1.99. The Hall–Kier alpha value is -0.840. The predicted molar refractivity (Wildman–Crippen MR) is 64.8 cm³/mol. The van der Waals surface area contributed by atoms with Gasteiger partial charge in [0.1, 0.15) is 0 Å². The van der Waals surface area contributed by atoms with Gasteiger partial charge in [0.05, 0.1) is 4.99 Å². The second-order valence-electron chi connectivity index (χ2n) is 3.85. The van der Waals surface area contributed by atoms with Gasteiger partial charge >= 0.3 is 6.03 Å². The molecule has 1 fully saturated rings. The van der Waals surface area contributed by atoms with E-state index in [1.54, 1.807) is 0 Å². The molecule has 0 aromatic carbocycles. The Labute approximate surface area is 96.2 Å². The first-order valence-corrected chi connectivity index (χ1v) is 5.92. The van der Waals surface area contributed by atoms with Gasteiger partial charge in [-0.15, -0.1) is 0 Å². The average Bonchev–Trinajstić information content (AvgIpc) is 2.69. The molecular formula is C10H19N3OS. The molecule has 86 valence electrons. The molecule has 4 nitrogen and oxygen atoms in total. The molecule has 1 aliphatic heterocycles. The Morgan fingerprint density at radius 1 is 1.33 bits per heavy atom. The molecule has 2 amide bonds. The molecule has 15 heavy (non-hydrogen) atoms. The summed E-state index contributed by atoms with van der Waals surface area (Å²) in [4.78, 5) is 13.9. The van der Waals surface area contributed by atoms with E-state index in [1.807, 2.05) is 4.90 Å². The van der Waals surface area contributed by atoms with Crippen LogP contribution in [-0.4, -0.2) is 35.6 Å². The quantitative estimate of drug-likeness (QED) is 0.551. The number of thiocarbonyl (C=S) groups is 1. The maximum absolute atomic E-state index is 11.5. The fourth-order valence-corrected chi connectivity index (χ4v) is 1.80. The van der Waals surface area contributed by atoms with Gasteiger partial charge in [-0.3, -0.25) is 0 Å². The van der Waals surface area contributed by atoms with Crippen LogP contribution in [-0.2, 0) is 0 Å². The first-order valence-electron chi connectivity index (χ1n) is 5.51. The summed E-state index contributed by atoms with van der Waals surface area (Å²) in [5, 5.41) is 2.90. The van der Waals surface area contributed by atoms with Crippen molar-refractivity contribution in [2.45, 2.75) is 32.1 Å². The van der Waals surface area contributed by atoms with Crippen molar-refractivity contribution in [3.63, 3.8) is 0 Å². The highest BCUT2D eigenvalue weighted by Gasteiger charge is 2.16. The molecule has 1 rings (SSSR count). The predicted octanol–water partition coefficient (Wildman–Crippen LogP) is 1.25. The van der Waals surface area contributed by atoms with Crippen LogP contribution >= 0.6 is 12.2 Å². The van der Waals surface area contributed by atoms with E-state index < -0.39 is 0 Å². The summed E-state index contributed by atoms with van der Waals surface area (Å²) in [7, 11) is 0. The fraction of sp³-hybridized carbons (Fsp3) is 0.800. The van der Waals surface area contributed by atoms with Gasteiger partial charge in [0, 0.05) is 19.6 Å². The molecular weight excluding hydrogens is 210 g/mol. The molecule has 1 saturated heterocycles. The summed E-state index contributed by atoms with van der Waals surface area (Å²) in [6.07, 6.45) is 4.94. The number of hydrogen-bond acceptors (Lipinski definition) is 2. The third-order valence-corrected chi connectivity index (χ3v) is 2.72. The SMILES string of the molecule is NC(=S)CCCCNC(=O)N1CCCC1. The van der Waals surface area contributed by atoms with E-state index in [9.17, 15) is 4.79 Å². The van der Waals surface area contributed by atoms with Gasteiger partial charge in [-0.25, -0.2) is 4.79 Å². The molecule has 0 aliphatic carbocycles. The lowest BCUT2D eigenvalue weighted by Crippen LogP contribution is -2.38. The normalized spacial score (nSPS) is 15.3. The Bertz CT molecular complexity index is 227. The van der Waals surface area contributed by atoms with Gasteiger partial charge in [0.2, 0.25) is 0 Å². The van der Waals surface area contributed by atoms with Crippen molar-refractivity contribution < 1.29 is 4.79 Å². The molecule has 0 aromatic heterocycles. The lowest BCUT2D eigenvalue weighted by Gasteiger charge is -2.15. The topological polar surface area (TPSA) is 58.4 Å². The number of nitrogens with one attached hydrogen (secondary N) is 1. The van der Waals surface area contributed by atoms with E-state index in [0.29, 0.717) is 4.99 Å². The van der Waals surface area contributed by atoms with Crippen LogP contribution in [0.15, 0.2) is 0 Å². The average molecular weight is 229 g/mol. The van der Waals surface area contributed by atoms with Crippen molar-refractivity contribution in [1.82, 2.24) is 10.2 Å². The minimum atomic E-state index is 0.0721. The number of hydrogen-bond donors (Lipinski definition) is 2. The van der Waals surface area contributed by atoms with Crippen LogP contribution in [0.3, 0.4) is 0 Å². The number of nitrogens with two attached hydrogens (primary N) is 1. The third kappa shape index (κ3) is 4.97. The molecule has 1 aliphatic rings. The van der Waals surface area contributed by atoms with Crippen LogP contribution in [0.5, 0.6) is 0 Å². The lowest BCUT2D eigenvalue weighted by molar-refractivity contribution is 0.208. The van der Waals surface area contributed by atoms with Crippen LogP contribution in [0.25, 0.3) is 0 Å². The number of amides is 2. The first-order chi connectivity index (χ1) is 7.20. The summed E-state index contributed by atoms with van der Waals surface area (Å²) >= 11 is 4.77. The third-order valence-electron chi connectivity index (χ3n) is 2.52. The van der Waals surface area contributed by atoms with Gasteiger partial charge in [-0.1, -0.05) is 12.2 Å². The molecule has 1 heterocycles. The fourth-order valence-electron chi connectivity index (χ4n) is 1.65. The number of carbonyl (C=O) groups excluding carboxylic acids is 1. The van der Waals surface area contributed by atoms with Gasteiger partial charge < -0.3 is 16.0 Å². The minimum Gasteiger partial charge on any atom is -0.393 e. The Kier molecular flexibility index (Phi) is 5.39. The van der Waals surface area contributed by atoms with Crippen molar-refractivity contribution in [1.29, 1.82) is 0 Å². The highest BCUT2D eigenvalue weighted by atomic mass is 32.1. The van der Waals surface area contributed by atoms with Gasteiger partial charge in [0.25, 0.3) is 0 Å². The molecule has 0 aromatic rings. The van der Waals surface area contributed by atoms with E-state index in [1.165, 1.54) is 0 Å². The number of urea groups is 1. The zero-order valence-electron chi connectivity index (χ0n) is 9.00. The molecule has 0 saturated carbocycles. The van der Waals surface area contributed by atoms with Gasteiger partial charge in [0.15, 0.2) is 0 Å². The lowest BCUT2D eigenvalue weighted by atomic mass is 10.2. The van der Waals surface area contributed by atoms with Crippen LogP contribution in [0.1, 0.15) is 32.1 Å². The zero-order valence-corrected chi connectivity index (χ0v) is 9.81. The summed E-state index contributed by atoms with van der Waals surface area (Å²) in [5.74, 6) is 0. The number of carbonyl (C=O) groups is 1. The Morgan fingerprint density at radius 2 is 2.00 bits per heavy atom. The van der Waals surface area contributed by atoms with E-state index in [0.717, 1.165) is 51.7 Å². The second-order valence-corrected chi connectivity index (χ2v) is 4.37. The van der Waals surface area contributed by atoms with Crippen molar-refractivity contribution in [2.75, 3.05) is 19.6 Å². The van der Waals surface area contributed by atoms with Gasteiger partial charge in [-0.2, -0.15) is 0 Å². The standard InChI is InChI=1S/C10H19N3OS/c11-9(15)5-1-2-6-12-10(14)13-7-3-4-8-13/h1-8H2,(H2,11,15)(H,12,14). The zero-order chi connectivity index (χ0) is 11.1. The highest BCUT2D eigenvalue weighted by Crippen LogP contribution is 2.06. The molecule has 0 bridgehead atoms. The first kappa shape index (κ1) is 12.2. The molecule has 3 N–H and O–H groups in total. The van der Waals surface area contributed by atoms with Crippen LogP contribution < -0.4 is 11.1 Å². The maximum Gasteiger partial charge on any atom is 0.317 e. The van der Waals surface area contributed by atoms with Crippen LogP contribution in [0, 0.1) is 0 Å². The smallest absolute Gasteiger partial charge is 0.317 e. The largest absolute Gasteiger partial charge is 0.393 e. The summed E-state index contributed by atoms with van der Waals surface area (Å²) < 4.78 is 0. The Morgan fingerprint density at radius 3 is 2.60 bits per heavy atom. The molecule has 5 heteroatoms.